The highest BCUT2D eigenvalue weighted by Gasteiger charge is 2.13. The molecule has 0 fully saturated rings. The van der Waals surface area contributed by atoms with Gasteiger partial charge in [0.1, 0.15) is 11.6 Å². The molecule has 1 aromatic heterocycles. The summed E-state index contributed by atoms with van der Waals surface area (Å²) in [5.41, 5.74) is 0.921. The van der Waals surface area contributed by atoms with E-state index in [1.54, 1.807) is 31.4 Å². The van der Waals surface area contributed by atoms with Crippen molar-refractivity contribution in [2.24, 2.45) is 0 Å². The van der Waals surface area contributed by atoms with Crippen LogP contribution in [0.2, 0.25) is 0 Å². The fourth-order valence-electron chi connectivity index (χ4n) is 2.12. The molecular weight excluding hydrogens is 349 g/mol. The number of tetrazole rings is 1. The van der Waals surface area contributed by atoms with Gasteiger partial charge < -0.3 is 4.74 Å². The molecule has 0 N–H and O–H groups in total. The van der Waals surface area contributed by atoms with Crippen LogP contribution in [0.15, 0.2) is 47.6 Å². The first-order chi connectivity index (χ1) is 12.1. The van der Waals surface area contributed by atoms with Crippen LogP contribution in [0.4, 0.5) is 10.1 Å². The number of rotatable bonds is 6. The van der Waals surface area contributed by atoms with Gasteiger partial charge in [-0.3, -0.25) is 10.1 Å². The Morgan fingerprint density at radius 1 is 1.28 bits per heavy atom. The van der Waals surface area contributed by atoms with E-state index in [9.17, 15) is 14.5 Å². The molecule has 0 aliphatic heterocycles. The number of ether oxygens (including phenoxy) is 1. The van der Waals surface area contributed by atoms with E-state index >= 15 is 0 Å². The average molecular weight is 361 g/mol. The van der Waals surface area contributed by atoms with Crippen LogP contribution in [0.25, 0.3) is 5.69 Å². The van der Waals surface area contributed by atoms with Crippen molar-refractivity contribution in [2.45, 2.75) is 10.9 Å². The minimum absolute atomic E-state index is 0.287. The highest BCUT2D eigenvalue weighted by atomic mass is 32.2. The number of non-ortho nitro benzene ring substituents is 1. The number of nitro benzene ring substituents is 1. The first kappa shape index (κ1) is 16.8. The van der Waals surface area contributed by atoms with Gasteiger partial charge >= 0.3 is 0 Å². The van der Waals surface area contributed by atoms with Gasteiger partial charge in [0.05, 0.1) is 23.8 Å². The van der Waals surface area contributed by atoms with Crippen molar-refractivity contribution in [3.63, 3.8) is 0 Å². The molecule has 3 aromatic rings. The SMILES string of the molecule is COc1ccc(-n2nnnc2SCc2cc(F)cc([N+](=O)[O-])c2)cc1. The van der Waals surface area contributed by atoms with Crippen LogP contribution >= 0.6 is 11.8 Å². The lowest BCUT2D eigenvalue weighted by Crippen LogP contribution is -1.99. The summed E-state index contributed by atoms with van der Waals surface area (Å²) in [7, 11) is 1.57. The molecule has 0 radical (unpaired) electrons. The summed E-state index contributed by atoms with van der Waals surface area (Å²) in [6.45, 7) is 0. The first-order valence-electron chi connectivity index (χ1n) is 7.06. The van der Waals surface area contributed by atoms with E-state index in [0.717, 1.165) is 11.8 Å². The summed E-state index contributed by atoms with van der Waals surface area (Å²) in [6, 6.07) is 10.6. The molecule has 0 aliphatic rings. The number of thioether (sulfide) groups is 1. The van der Waals surface area contributed by atoms with Crippen LogP contribution in [-0.2, 0) is 5.75 Å². The monoisotopic (exact) mass is 361 g/mol. The summed E-state index contributed by atoms with van der Waals surface area (Å²) in [6.07, 6.45) is 0. The van der Waals surface area contributed by atoms with Crippen molar-refractivity contribution >= 4 is 17.4 Å². The lowest BCUT2D eigenvalue weighted by atomic mass is 10.2. The number of benzene rings is 2. The highest BCUT2D eigenvalue weighted by Crippen LogP contribution is 2.26. The maximum atomic E-state index is 13.5. The number of nitro groups is 1. The van der Waals surface area contributed by atoms with Gasteiger partial charge in [-0.1, -0.05) is 11.8 Å². The minimum Gasteiger partial charge on any atom is -0.497 e. The molecule has 2 aromatic carbocycles. The number of hydrogen-bond acceptors (Lipinski definition) is 7. The van der Waals surface area contributed by atoms with Crippen molar-refractivity contribution in [2.75, 3.05) is 7.11 Å². The van der Waals surface area contributed by atoms with Gasteiger partial charge in [-0.05, 0) is 46.3 Å². The molecule has 25 heavy (non-hydrogen) atoms. The minimum atomic E-state index is -0.653. The molecule has 0 amide bonds. The molecule has 128 valence electrons. The van der Waals surface area contributed by atoms with Crippen LogP contribution in [0, 0.1) is 15.9 Å². The standard InChI is InChI=1S/C15H12FN5O3S/c1-24-14-4-2-12(3-5-14)20-15(17-18-19-20)25-9-10-6-11(16)8-13(7-10)21(22)23/h2-8H,9H2,1H3. The van der Waals surface area contributed by atoms with Crippen LogP contribution in [0.3, 0.4) is 0 Å². The highest BCUT2D eigenvalue weighted by molar-refractivity contribution is 7.98. The molecule has 10 heteroatoms. The van der Waals surface area contributed by atoms with E-state index in [1.165, 1.54) is 28.6 Å². The van der Waals surface area contributed by atoms with E-state index in [2.05, 4.69) is 15.5 Å². The molecule has 1 heterocycles. The lowest BCUT2D eigenvalue weighted by molar-refractivity contribution is -0.385. The number of hydrogen-bond donors (Lipinski definition) is 0. The van der Waals surface area contributed by atoms with E-state index in [1.807, 2.05) is 0 Å². The zero-order valence-corrected chi connectivity index (χ0v) is 13.8. The molecule has 0 atom stereocenters. The number of aromatic nitrogens is 4. The molecular formula is C15H12FN5O3S. The lowest BCUT2D eigenvalue weighted by Gasteiger charge is -2.06. The third-order valence-electron chi connectivity index (χ3n) is 3.28. The van der Waals surface area contributed by atoms with Crippen molar-refractivity contribution in [1.82, 2.24) is 20.2 Å². The fraction of sp³-hybridized carbons (Fsp3) is 0.133. The van der Waals surface area contributed by atoms with E-state index < -0.39 is 10.7 Å². The summed E-state index contributed by atoms with van der Waals surface area (Å²) in [5.74, 6) is 0.340. The van der Waals surface area contributed by atoms with Gasteiger partial charge in [-0.15, -0.1) is 5.10 Å². The van der Waals surface area contributed by atoms with Crippen LogP contribution in [-0.4, -0.2) is 32.2 Å². The van der Waals surface area contributed by atoms with E-state index in [0.29, 0.717) is 16.5 Å². The van der Waals surface area contributed by atoms with Gasteiger partial charge in [0, 0.05) is 11.8 Å². The van der Waals surface area contributed by atoms with Crippen LogP contribution < -0.4 is 4.74 Å². The number of nitrogens with zero attached hydrogens (tertiary/aromatic N) is 5. The quantitative estimate of drug-likeness (QED) is 0.378. The smallest absolute Gasteiger partial charge is 0.272 e. The second kappa shape index (κ2) is 7.26. The summed E-state index contributed by atoms with van der Waals surface area (Å²) in [4.78, 5) is 10.2. The third-order valence-corrected chi connectivity index (χ3v) is 4.27. The second-order valence-electron chi connectivity index (χ2n) is 4.93. The first-order valence-corrected chi connectivity index (χ1v) is 8.05. The Bertz CT molecular complexity index is 900. The third kappa shape index (κ3) is 3.91. The average Bonchev–Trinajstić information content (AvgIpc) is 3.08. The van der Waals surface area contributed by atoms with Crippen molar-refractivity contribution < 1.29 is 14.1 Å². The van der Waals surface area contributed by atoms with Gasteiger partial charge in [-0.25, -0.2) is 4.39 Å². The second-order valence-corrected chi connectivity index (χ2v) is 5.88. The maximum Gasteiger partial charge on any atom is 0.272 e. The Morgan fingerprint density at radius 2 is 2.04 bits per heavy atom. The molecule has 0 saturated carbocycles. The number of halogens is 1. The molecule has 0 spiro atoms. The van der Waals surface area contributed by atoms with Gasteiger partial charge in [0.2, 0.25) is 5.16 Å². The Balaban J connectivity index is 1.79. The Labute approximate surface area is 145 Å². The van der Waals surface area contributed by atoms with Gasteiger partial charge in [0.25, 0.3) is 5.69 Å². The van der Waals surface area contributed by atoms with Crippen LogP contribution in [0.1, 0.15) is 5.56 Å². The van der Waals surface area contributed by atoms with E-state index in [4.69, 9.17) is 4.74 Å². The summed E-state index contributed by atoms with van der Waals surface area (Å²) < 4.78 is 20.1. The predicted octanol–water partition coefficient (Wildman–Crippen LogP) is 3.01. The molecule has 8 nitrogen and oxygen atoms in total. The molecule has 3 rings (SSSR count). The summed E-state index contributed by atoms with van der Waals surface area (Å²) >= 11 is 1.25. The topological polar surface area (TPSA) is 96.0 Å². The normalized spacial score (nSPS) is 10.6. The molecule has 0 bridgehead atoms. The van der Waals surface area contributed by atoms with E-state index in [-0.39, 0.29) is 11.4 Å². The molecule has 0 aliphatic carbocycles. The van der Waals surface area contributed by atoms with Crippen molar-refractivity contribution in [3.8, 4) is 11.4 Å². The zero-order valence-electron chi connectivity index (χ0n) is 13.0. The van der Waals surface area contributed by atoms with Gasteiger partial charge in [-0.2, -0.15) is 4.68 Å². The fourth-order valence-corrected chi connectivity index (χ4v) is 2.95. The van der Waals surface area contributed by atoms with Gasteiger partial charge in [0.15, 0.2) is 0 Å². The van der Waals surface area contributed by atoms with Crippen molar-refractivity contribution in [3.05, 3.63) is 64.0 Å². The Kier molecular flexibility index (Phi) is 4.89. The van der Waals surface area contributed by atoms with Crippen molar-refractivity contribution in [1.29, 1.82) is 0 Å². The Hall–Kier alpha value is -3.01. The zero-order chi connectivity index (χ0) is 17.8. The summed E-state index contributed by atoms with van der Waals surface area (Å²) in [5, 5.41) is 22.8. The largest absolute Gasteiger partial charge is 0.497 e. The molecule has 0 saturated heterocycles. The maximum absolute atomic E-state index is 13.5. The molecule has 0 unspecified atom stereocenters. The predicted molar refractivity (Wildman–Crippen MR) is 88.3 cm³/mol. The Morgan fingerprint density at radius 3 is 2.72 bits per heavy atom. The number of methoxy groups -OCH3 is 1. The van der Waals surface area contributed by atoms with Crippen LogP contribution in [0.5, 0.6) is 5.75 Å².